The lowest BCUT2D eigenvalue weighted by atomic mass is 9.96. The van der Waals surface area contributed by atoms with Gasteiger partial charge < -0.3 is 5.73 Å². The lowest BCUT2D eigenvalue weighted by Gasteiger charge is -2.09. The largest absolute Gasteiger partial charge is 0.330 e. The van der Waals surface area contributed by atoms with Crippen molar-refractivity contribution in [1.82, 2.24) is 4.98 Å². The number of carbonyl (C=O) groups excluding carboxylic acids is 1. The Morgan fingerprint density at radius 3 is 3.00 bits per heavy atom. The first-order chi connectivity index (χ1) is 8.22. The second-order valence-corrected chi connectivity index (χ2v) is 4.37. The van der Waals surface area contributed by atoms with Crippen molar-refractivity contribution in [2.75, 3.05) is 6.54 Å². The molecule has 88 valence electrons. The SMILES string of the molecule is CC(CN)CC(=O)c1cccc2cnccc12. The molecular formula is C14H16N2O. The molecule has 0 spiro atoms. The van der Waals surface area contributed by atoms with Crippen molar-refractivity contribution >= 4 is 16.6 Å². The van der Waals surface area contributed by atoms with E-state index in [9.17, 15) is 4.79 Å². The van der Waals surface area contributed by atoms with Crippen molar-refractivity contribution < 1.29 is 4.79 Å². The maximum Gasteiger partial charge on any atom is 0.163 e. The highest BCUT2D eigenvalue weighted by atomic mass is 16.1. The van der Waals surface area contributed by atoms with Gasteiger partial charge in [-0.1, -0.05) is 25.1 Å². The van der Waals surface area contributed by atoms with Gasteiger partial charge in [0.1, 0.15) is 0 Å². The monoisotopic (exact) mass is 228 g/mol. The summed E-state index contributed by atoms with van der Waals surface area (Å²) in [5, 5.41) is 1.97. The van der Waals surface area contributed by atoms with E-state index in [1.165, 1.54) is 0 Å². The lowest BCUT2D eigenvalue weighted by molar-refractivity contribution is 0.0967. The van der Waals surface area contributed by atoms with Crippen LogP contribution in [0.4, 0.5) is 0 Å². The minimum absolute atomic E-state index is 0.153. The Kier molecular flexibility index (Phi) is 3.49. The van der Waals surface area contributed by atoms with E-state index in [1.54, 1.807) is 12.4 Å². The van der Waals surface area contributed by atoms with Crippen LogP contribution in [0.5, 0.6) is 0 Å². The second-order valence-electron chi connectivity index (χ2n) is 4.37. The van der Waals surface area contributed by atoms with Crippen molar-refractivity contribution in [3.63, 3.8) is 0 Å². The molecule has 0 radical (unpaired) electrons. The topological polar surface area (TPSA) is 56.0 Å². The molecular weight excluding hydrogens is 212 g/mol. The molecule has 3 nitrogen and oxygen atoms in total. The van der Waals surface area contributed by atoms with E-state index in [0.29, 0.717) is 13.0 Å². The highest BCUT2D eigenvalue weighted by Crippen LogP contribution is 2.20. The first kappa shape index (κ1) is 11.7. The van der Waals surface area contributed by atoms with E-state index >= 15 is 0 Å². The summed E-state index contributed by atoms with van der Waals surface area (Å²) in [4.78, 5) is 16.2. The van der Waals surface area contributed by atoms with Gasteiger partial charge in [-0.15, -0.1) is 0 Å². The molecule has 0 bridgehead atoms. The number of aromatic nitrogens is 1. The van der Waals surface area contributed by atoms with Crippen LogP contribution >= 0.6 is 0 Å². The molecule has 0 aliphatic heterocycles. The highest BCUT2D eigenvalue weighted by molar-refractivity contribution is 6.07. The first-order valence-electron chi connectivity index (χ1n) is 5.78. The lowest BCUT2D eigenvalue weighted by Crippen LogP contribution is -2.15. The maximum absolute atomic E-state index is 12.2. The summed E-state index contributed by atoms with van der Waals surface area (Å²) in [6.07, 6.45) is 3.99. The number of pyridine rings is 1. The van der Waals surface area contributed by atoms with Crippen LogP contribution in [0.3, 0.4) is 0 Å². The predicted molar refractivity (Wildman–Crippen MR) is 68.9 cm³/mol. The molecule has 17 heavy (non-hydrogen) atoms. The Labute approximate surface area is 101 Å². The summed E-state index contributed by atoms with van der Waals surface area (Å²) in [6.45, 7) is 2.53. The van der Waals surface area contributed by atoms with Gasteiger partial charge >= 0.3 is 0 Å². The van der Waals surface area contributed by atoms with E-state index in [0.717, 1.165) is 16.3 Å². The fourth-order valence-electron chi connectivity index (χ4n) is 1.88. The number of fused-ring (bicyclic) bond motifs is 1. The fourth-order valence-corrected chi connectivity index (χ4v) is 1.88. The molecule has 0 aliphatic rings. The number of ketones is 1. The fraction of sp³-hybridized carbons (Fsp3) is 0.286. The van der Waals surface area contributed by atoms with Crippen LogP contribution in [0, 0.1) is 5.92 Å². The summed E-state index contributed by atoms with van der Waals surface area (Å²) in [7, 11) is 0. The average Bonchev–Trinajstić information content (AvgIpc) is 2.37. The first-order valence-corrected chi connectivity index (χ1v) is 5.78. The third-order valence-corrected chi connectivity index (χ3v) is 2.92. The Hall–Kier alpha value is -1.74. The van der Waals surface area contributed by atoms with Crippen molar-refractivity contribution in [1.29, 1.82) is 0 Å². The summed E-state index contributed by atoms with van der Waals surface area (Å²) >= 11 is 0. The maximum atomic E-state index is 12.2. The Balaban J connectivity index is 2.38. The van der Waals surface area contributed by atoms with Gasteiger partial charge in [0.25, 0.3) is 0 Å². The summed E-state index contributed by atoms with van der Waals surface area (Å²) in [5.74, 6) is 0.374. The molecule has 2 rings (SSSR count). The molecule has 1 unspecified atom stereocenters. The molecule has 1 atom stereocenters. The number of hydrogen-bond acceptors (Lipinski definition) is 3. The highest BCUT2D eigenvalue weighted by Gasteiger charge is 2.12. The average molecular weight is 228 g/mol. The van der Waals surface area contributed by atoms with Crippen LogP contribution in [0.15, 0.2) is 36.7 Å². The van der Waals surface area contributed by atoms with Crippen LogP contribution in [0.1, 0.15) is 23.7 Å². The molecule has 3 heteroatoms. The van der Waals surface area contributed by atoms with Gasteiger partial charge in [0.05, 0.1) is 0 Å². The van der Waals surface area contributed by atoms with Gasteiger partial charge in [0, 0.05) is 29.8 Å². The van der Waals surface area contributed by atoms with Gasteiger partial charge in [-0.3, -0.25) is 9.78 Å². The zero-order valence-electron chi connectivity index (χ0n) is 9.89. The Morgan fingerprint density at radius 1 is 1.41 bits per heavy atom. The van der Waals surface area contributed by atoms with Crippen LogP contribution < -0.4 is 5.73 Å². The van der Waals surface area contributed by atoms with E-state index in [2.05, 4.69) is 4.98 Å². The normalized spacial score (nSPS) is 12.6. The van der Waals surface area contributed by atoms with Gasteiger partial charge in [0.2, 0.25) is 0 Å². The standard InChI is InChI=1S/C14H16N2O/c1-10(8-15)7-14(17)13-4-2-3-11-9-16-6-5-12(11)13/h2-6,9-10H,7-8,15H2,1H3. The summed E-state index contributed by atoms with van der Waals surface area (Å²) in [5.41, 5.74) is 6.32. The minimum atomic E-state index is 0.153. The van der Waals surface area contributed by atoms with E-state index < -0.39 is 0 Å². The molecule has 2 N–H and O–H groups in total. The van der Waals surface area contributed by atoms with Crippen LogP contribution in [-0.4, -0.2) is 17.3 Å². The number of nitrogens with two attached hydrogens (primary N) is 1. The summed E-state index contributed by atoms with van der Waals surface area (Å²) < 4.78 is 0. The van der Waals surface area contributed by atoms with Crippen LogP contribution in [-0.2, 0) is 0 Å². The van der Waals surface area contributed by atoms with E-state index in [1.807, 2.05) is 31.2 Å². The molecule has 1 aromatic carbocycles. The number of carbonyl (C=O) groups is 1. The molecule has 1 heterocycles. The third kappa shape index (κ3) is 2.50. The number of nitrogens with zero attached hydrogens (tertiary/aromatic N) is 1. The molecule has 2 aromatic rings. The Morgan fingerprint density at radius 2 is 2.24 bits per heavy atom. The Bertz CT molecular complexity index is 531. The number of rotatable bonds is 4. The number of Topliss-reactive ketones (excluding diaryl/α,β-unsaturated/α-hetero) is 1. The second kappa shape index (κ2) is 5.06. The van der Waals surface area contributed by atoms with Crippen molar-refractivity contribution in [3.05, 3.63) is 42.2 Å². The summed E-state index contributed by atoms with van der Waals surface area (Å²) in [6, 6.07) is 7.61. The molecule has 0 saturated heterocycles. The zero-order chi connectivity index (χ0) is 12.3. The molecule has 0 aliphatic carbocycles. The van der Waals surface area contributed by atoms with Gasteiger partial charge in [-0.05, 0) is 23.9 Å². The van der Waals surface area contributed by atoms with E-state index in [4.69, 9.17) is 5.73 Å². The van der Waals surface area contributed by atoms with Crippen LogP contribution in [0.2, 0.25) is 0 Å². The molecule has 1 aromatic heterocycles. The third-order valence-electron chi connectivity index (χ3n) is 2.92. The molecule has 0 amide bonds. The molecule has 0 fully saturated rings. The van der Waals surface area contributed by atoms with Crippen molar-refractivity contribution in [2.45, 2.75) is 13.3 Å². The number of hydrogen-bond donors (Lipinski definition) is 1. The quantitative estimate of drug-likeness (QED) is 0.817. The minimum Gasteiger partial charge on any atom is -0.330 e. The van der Waals surface area contributed by atoms with E-state index in [-0.39, 0.29) is 11.7 Å². The smallest absolute Gasteiger partial charge is 0.163 e. The van der Waals surface area contributed by atoms with Crippen molar-refractivity contribution in [2.24, 2.45) is 11.7 Å². The number of benzene rings is 1. The van der Waals surface area contributed by atoms with Gasteiger partial charge in [0.15, 0.2) is 5.78 Å². The predicted octanol–water partition coefficient (Wildman–Crippen LogP) is 2.40. The zero-order valence-corrected chi connectivity index (χ0v) is 9.89. The van der Waals surface area contributed by atoms with Crippen molar-refractivity contribution in [3.8, 4) is 0 Å². The molecule has 0 saturated carbocycles. The van der Waals surface area contributed by atoms with Gasteiger partial charge in [-0.25, -0.2) is 0 Å². The van der Waals surface area contributed by atoms with Gasteiger partial charge in [-0.2, -0.15) is 0 Å². The van der Waals surface area contributed by atoms with Crippen LogP contribution in [0.25, 0.3) is 10.8 Å².